The van der Waals surface area contributed by atoms with Crippen molar-refractivity contribution in [3.63, 3.8) is 0 Å². The standard InChI is InChI=1S/C28H27ClN4O3S/c1-19-6-12-22(13-7-19)33-17-24(20-8-10-21(29)11-9-20)30-28(33)31-26(34)18-32(16-23-4-2-14-36-23)27(35)25-5-3-15-37-25/h3,5-13,15,17,23H,2,4,14,16,18H2,1H3,(H,30,31,34)/t23-/m1/s1. The van der Waals surface area contributed by atoms with Crippen LogP contribution >= 0.6 is 22.9 Å². The van der Waals surface area contributed by atoms with Crippen LogP contribution in [0.4, 0.5) is 5.95 Å². The molecule has 0 aliphatic carbocycles. The molecule has 190 valence electrons. The number of ether oxygens (including phenoxy) is 1. The number of hydrogen-bond acceptors (Lipinski definition) is 5. The minimum absolute atomic E-state index is 0.0669. The Morgan fingerprint density at radius 2 is 1.95 bits per heavy atom. The maximum Gasteiger partial charge on any atom is 0.264 e. The van der Waals surface area contributed by atoms with Crippen molar-refractivity contribution in [3.8, 4) is 16.9 Å². The predicted octanol–water partition coefficient (Wildman–Crippen LogP) is 5.82. The lowest BCUT2D eigenvalue weighted by molar-refractivity contribution is -0.117. The van der Waals surface area contributed by atoms with Crippen LogP contribution in [0.15, 0.2) is 72.2 Å². The quantitative estimate of drug-likeness (QED) is 0.309. The van der Waals surface area contributed by atoms with E-state index in [-0.39, 0.29) is 24.5 Å². The number of carbonyl (C=O) groups excluding carboxylic acids is 2. The highest BCUT2D eigenvalue weighted by Crippen LogP contribution is 2.26. The third-order valence-electron chi connectivity index (χ3n) is 6.21. The molecule has 1 saturated heterocycles. The van der Waals surface area contributed by atoms with Crippen molar-refractivity contribution in [3.05, 3.63) is 87.7 Å². The normalized spacial score (nSPS) is 15.0. The van der Waals surface area contributed by atoms with Gasteiger partial charge in [-0.2, -0.15) is 0 Å². The first-order valence-electron chi connectivity index (χ1n) is 12.1. The molecule has 0 spiro atoms. The Hall–Kier alpha value is -3.46. The van der Waals surface area contributed by atoms with Gasteiger partial charge in [-0.25, -0.2) is 4.98 Å². The summed E-state index contributed by atoms with van der Waals surface area (Å²) in [6.45, 7) is 2.96. The Morgan fingerprint density at radius 3 is 2.62 bits per heavy atom. The average Bonchev–Trinajstić information content (AvgIpc) is 3.67. The van der Waals surface area contributed by atoms with E-state index in [2.05, 4.69) is 5.32 Å². The first kappa shape index (κ1) is 25.2. The number of anilines is 1. The van der Waals surface area contributed by atoms with Crippen molar-refractivity contribution in [1.82, 2.24) is 14.5 Å². The van der Waals surface area contributed by atoms with Crippen LogP contribution in [0, 0.1) is 6.92 Å². The number of imidazole rings is 1. The van der Waals surface area contributed by atoms with Gasteiger partial charge >= 0.3 is 0 Å². The van der Waals surface area contributed by atoms with Gasteiger partial charge in [0.05, 0.1) is 16.7 Å². The van der Waals surface area contributed by atoms with Gasteiger partial charge in [-0.3, -0.25) is 19.5 Å². The van der Waals surface area contributed by atoms with Gasteiger partial charge in [-0.15, -0.1) is 11.3 Å². The monoisotopic (exact) mass is 534 g/mol. The van der Waals surface area contributed by atoms with Crippen molar-refractivity contribution >= 4 is 40.7 Å². The summed E-state index contributed by atoms with van der Waals surface area (Å²) in [6, 6.07) is 19.0. The second kappa shape index (κ2) is 11.3. The molecular weight excluding hydrogens is 508 g/mol. The Morgan fingerprint density at radius 1 is 1.16 bits per heavy atom. The Labute approximate surface area is 224 Å². The molecule has 1 N–H and O–H groups in total. The predicted molar refractivity (Wildman–Crippen MR) is 147 cm³/mol. The third kappa shape index (κ3) is 6.10. The Bertz CT molecular complexity index is 1360. The maximum atomic E-state index is 13.3. The fourth-order valence-corrected chi connectivity index (χ4v) is 5.09. The van der Waals surface area contributed by atoms with E-state index in [0.717, 1.165) is 29.7 Å². The van der Waals surface area contributed by atoms with E-state index in [0.29, 0.717) is 34.7 Å². The summed E-state index contributed by atoms with van der Waals surface area (Å²) in [5, 5.41) is 5.43. The summed E-state index contributed by atoms with van der Waals surface area (Å²) < 4.78 is 7.59. The van der Waals surface area contributed by atoms with Crippen LogP contribution in [0.1, 0.15) is 28.1 Å². The molecule has 0 radical (unpaired) electrons. The molecule has 37 heavy (non-hydrogen) atoms. The lowest BCUT2D eigenvalue weighted by Crippen LogP contribution is -2.42. The minimum Gasteiger partial charge on any atom is -0.376 e. The maximum absolute atomic E-state index is 13.3. The second-order valence-electron chi connectivity index (χ2n) is 9.01. The van der Waals surface area contributed by atoms with E-state index < -0.39 is 0 Å². The van der Waals surface area contributed by atoms with Gasteiger partial charge in [-0.1, -0.05) is 47.5 Å². The highest BCUT2D eigenvalue weighted by atomic mass is 35.5. The first-order chi connectivity index (χ1) is 18.0. The van der Waals surface area contributed by atoms with Crippen LogP contribution in [-0.2, 0) is 9.53 Å². The lowest BCUT2D eigenvalue weighted by atomic mass is 10.2. The van der Waals surface area contributed by atoms with Gasteiger partial charge in [0.2, 0.25) is 11.9 Å². The summed E-state index contributed by atoms with van der Waals surface area (Å²) in [4.78, 5) is 33.3. The summed E-state index contributed by atoms with van der Waals surface area (Å²) in [7, 11) is 0. The van der Waals surface area contributed by atoms with E-state index in [9.17, 15) is 9.59 Å². The molecule has 5 rings (SSSR count). The van der Waals surface area contributed by atoms with E-state index in [4.69, 9.17) is 21.3 Å². The van der Waals surface area contributed by atoms with Gasteiger partial charge in [0.15, 0.2) is 0 Å². The summed E-state index contributed by atoms with van der Waals surface area (Å²) >= 11 is 7.43. The van der Waals surface area contributed by atoms with Crippen LogP contribution in [-0.4, -0.2) is 52.1 Å². The lowest BCUT2D eigenvalue weighted by Gasteiger charge is -2.24. The van der Waals surface area contributed by atoms with Crippen LogP contribution < -0.4 is 5.32 Å². The fourth-order valence-electron chi connectivity index (χ4n) is 4.28. The molecule has 9 heteroatoms. The van der Waals surface area contributed by atoms with Crippen molar-refractivity contribution in [2.24, 2.45) is 0 Å². The van der Waals surface area contributed by atoms with Crippen LogP contribution in [0.5, 0.6) is 0 Å². The molecule has 4 aromatic rings. The molecule has 0 unspecified atom stereocenters. The number of aromatic nitrogens is 2. The Balaban J connectivity index is 1.40. The van der Waals surface area contributed by atoms with Gasteiger partial charge in [-0.05, 0) is 55.5 Å². The molecule has 2 amide bonds. The first-order valence-corrected chi connectivity index (χ1v) is 13.4. The molecule has 3 heterocycles. The van der Waals surface area contributed by atoms with Crippen LogP contribution in [0.25, 0.3) is 16.9 Å². The molecule has 2 aromatic carbocycles. The zero-order valence-corrected chi connectivity index (χ0v) is 22.0. The molecule has 1 fully saturated rings. The van der Waals surface area contributed by atoms with Crippen molar-refractivity contribution in [2.45, 2.75) is 25.9 Å². The molecule has 1 aliphatic rings. The average molecular weight is 535 g/mol. The number of benzene rings is 2. The zero-order chi connectivity index (χ0) is 25.8. The third-order valence-corrected chi connectivity index (χ3v) is 7.32. The fraction of sp³-hybridized carbons (Fsp3) is 0.250. The summed E-state index contributed by atoms with van der Waals surface area (Å²) in [5.74, 6) is -0.131. The number of nitrogens with one attached hydrogen (secondary N) is 1. The number of rotatable bonds is 8. The second-order valence-corrected chi connectivity index (χ2v) is 10.4. The van der Waals surface area contributed by atoms with Gasteiger partial charge in [0.25, 0.3) is 5.91 Å². The van der Waals surface area contributed by atoms with Crippen molar-refractivity contribution < 1.29 is 14.3 Å². The molecule has 1 aliphatic heterocycles. The van der Waals surface area contributed by atoms with E-state index in [1.807, 2.05) is 65.5 Å². The highest BCUT2D eigenvalue weighted by Gasteiger charge is 2.26. The van der Waals surface area contributed by atoms with Crippen LogP contribution in [0.3, 0.4) is 0 Å². The van der Waals surface area contributed by atoms with Crippen molar-refractivity contribution in [1.29, 1.82) is 0 Å². The largest absolute Gasteiger partial charge is 0.376 e. The number of carbonyl (C=O) groups is 2. The van der Waals surface area contributed by atoms with E-state index in [1.165, 1.54) is 11.3 Å². The molecule has 0 saturated carbocycles. The smallest absolute Gasteiger partial charge is 0.264 e. The number of halogens is 1. The molecule has 2 aromatic heterocycles. The van der Waals surface area contributed by atoms with Crippen molar-refractivity contribution in [2.75, 3.05) is 25.0 Å². The van der Waals surface area contributed by atoms with Crippen LogP contribution in [0.2, 0.25) is 5.02 Å². The number of thiophene rings is 1. The van der Waals surface area contributed by atoms with Gasteiger partial charge < -0.3 is 9.64 Å². The molecule has 1 atom stereocenters. The topological polar surface area (TPSA) is 76.5 Å². The molecular formula is C28H27ClN4O3S. The summed E-state index contributed by atoms with van der Waals surface area (Å²) in [6.07, 6.45) is 3.64. The van der Waals surface area contributed by atoms with Gasteiger partial charge in [0.1, 0.15) is 6.54 Å². The Kier molecular flexibility index (Phi) is 7.69. The SMILES string of the molecule is Cc1ccc(-n2cc(-c3ccc(Cl)cc3)nc2NC(=O)CN(C[C@H]2CCCO2)C(=O)c2cccs2)cc1. The number of nitrogens with zero attached hydrogens (tertiary/aromatic N) is 3. The molecule has 0 bridgehead atoms. The minimum atomic E-state index is -0.329. The number of amides is 2. The number of hydrogen-bond donors (Lipinski definition) is 1. The molecule has 7 nitrogen and oxygen atoms in total. The highest BCUT2D eigenvalue weighted by molar-refractivity contribution is 7.12. The van der Waals surface area contributed by atoms with E-state index >= 15 is 0 Å². The van der Waals surface area contributed by atoms with E-state index in [1.54, 1.807) is 23.1 Å². The summed E-state index contributed by atoms with van der Waals surface area (Å²) in [5.41, 5.74) is 3.56. The number of aryl methyl sites for hydroxylation is 1. The zero-order valence-electron chi connectivity index (χ0n) is 20.4. The van der Waals surface area contributed by atoms with Gasteiger partial charge in [0, 0.05) is 35.6 Å².